The average molecular weight is 357 g/mol. The molecule has 1 aliphatic carbocycles. The van der Waals surface area contributed by atoms with Crippen LogP contribution < -0.4 is 4.72 Å². The molecule has 0 radical (unpaired) electrons. The second kappa shape index (κ2) is 5.03. The van der Waals surface area contributed by atoms with E-state index in [4.69, 9.17) is 28.5 Å². The molecular weight excluding hydrogens is 347 g/mol. The number of sulfonamides is 1. The maximum absolute atomic E-state index is 12.4. The lowest BCUT2D eigenvalue weighted by atomic mass is 10.2. The van der Waals surface area contributed by atoms with Crippen molar-refractivity contribution in [2.75, 3.05) is 0 Å². The molecule has 2 aromatic rings. The molecule has 0 amide bonds. The molecule has 0 spiro atoms. The molecule has 22 heavy (non-hydrogen) atoms. The molecule has 6 nitrogen and oxygen atoms in total. The Balaban J connectivity index is 2.14. The van der Waals surface area contributed by atoms with Gasteiger partial charge in [-0.05, 0) is 31.9 Å². The van der Waals surface area contributed by atoms with Gasteiger partial charge in [0, 0.05) is 5.39 Å². The summed E-state index contributed by atoms with van der Waals surface area (Å²) in [5.74, 6) is 0.439. The number of aromatic nitrogens is 2. The number of hydrogen-bond donors (Lipinski definition) is 1. The first-order valence-electron chi connectivity index (χ1n) is 6.35. The number of benzene rings is 1. The van der Waals surface area contributed by atoms with Crippen LogP contribution in [0.5, 0.6) is 0 Å². The van der Waals surface area contributed by atoms with Crippen molar-refractivity contribution in [3.63, 3.8) is 0 Å². The summed E-state index contributed by atoms with van der Waals surface area (Å²) >= 11 is 12.2. The largest absolute Gasteiger partial charge is 0.242 e. The molecule has 114 valence electrons. The Kier molecular flexibility index (Phi) is 3.53. The van der Waals surface area contributed by atoms with Gasteiger partial charge in [-0.2, -0.15) is 9.98 Å². The van der Waals surface area contributed by atoms with Crippen molar-refractivity contribution in [1.29, 1.82) is 5.26 Å². The summed E-state index contributed by atoms with van der Waals surface area (Å²) in [5.41, 5.74) is -0.618. The molecule has 1 fully saturated rings. The fourth-order valence-electron chi connectivity index (χ4n) is 2.07. The zero-order chi connectivity index (χ0) is 16.1. The highest BCUT2D eigenvalue weighted by Gasteiger charge is 2.46. The molecule has 3 rings (SSSR count). The summed E-state index contributed by atoms with van der Waals surface area (Å²) in [6, 6.07) is 4.63. The highest BCUT2D eigenvalue weighted by Crippen LogP contribution is 2.37. The van der Waals surface area contributed by atoms with Crippen molar-refractivity contribution in [1.82, 2.24) is 14.7 Å². The molecule has 0 bridgehead atoms. The first-order chi connectivity index (χ1) is 10.3. The Bertz CT molecular complexity index is 933. The number of aryl methyl sites for hydroxylation is 1. The van der Waals surface area contributed by atoms with Crippen LogP contribution in [0.3, 0.4) is 0 Å². The SMILES string of the molecule is Cc1nc(Cl)c2cc(S(=O)(=O)NC3(C#N)CC3)cc(Cl)c2n1. The van der Waals surface area contributed by atoms with Crippen molar-refractivity contribution in [2.45, 2.75) is 30.2 Å². The lowest BCUT2D eigenvalue weighted by Gasteiger charge is -2.12. The normalized spacial score (nSPS) is 16.5. The molecular formula is C13H10Cl2N4O2S. The van der Waals surface area contributed by atoms with Gasteiger partial charge in [0.15, 0.2) is 0 Å². The van der Waals surface area contributed by atoms with Gasteiger partial charge in [0.1, 0.15) is 16.5 Å². The summed E-state index contributed by atoms with van der Waals surface area (Å²) in [4.78, 5) is 8.10. The molecule has 0 unspecified atom stereocenters. The highest BCUT2D eigenvalue weighted by molar-refractivity contribution is 7.89. The second-order valence-corrected chi connectivity index (χ2v) is 7.61. The van der Waals surface area contributed by atoms with Gasteiger partial charge in [0.05, 0.1) is 21.5 Å². The van der Waals surface area contributed by atoms with E-state index in [0.29, 0.717) is 29.6 Å². The van der Waals surface area contributed by atoms with E-state index in [-0.39, 0.29) is 15.1 Å². The summed E-state index contributed by atoms with van der Waals surface area (Å²) in [6.45, 7) is 1.66. The minimum absolute atomic E-state index is 0.0686. The fourth-order valence-corrected chi connectivity index (χ4v) is 4.09. The smallest absolute Gasteiger partial charge is 0.232 e. The summed E-state index contributed by atoms with van der Waals surface area (Å²) in [6.07, 6.45) is 0.986. The summed E-state index contributed by atoms with van der Waals surface area (Å²) < 4.78 is 27.2. The van der Waals surface area contributed by atoms with Crippen LogP contribution in [0.2, 0.25) is 10.2 Å². The third kappa shape index (κ3) is 2.63. The Morgan fingerprint density at radius 1 is 1.32 bits per heavy atom. The number of nitriles is 1. The fraction of sp³-hybridized carbons (Fsp3) is 0.308. The van der Waals surface area contributed by atoms with E-state index in [9.17, 15) is 8.42 Å². The van der Waals surface area contributed by atoms with Gasteiger partial charge in [0.25, 0.3) is 0 Å². The van der Waals surface area contributed by atoms with Gasteiger partial charge in [0.2, 0.25) is 10.0 Å². The van der Waals surface area contributed by atoms with Crippen molar-refractivity contribution in [3.05, 3.63) is 28.1 Å². The van der Waals surface area contributed by atoms with Crippen LogP contribution >= 0.6 is 23.2 Å². The Labute approximate surface area is 137 Å². The number of nitrogens with zero attached hydrogens (tertiary/aromatic N) is 3. The topological polar surface area (TPSA) is 95.7 Å². The Hall–Kier alpha value is -1.46. The van der Waals surface area contributed by atoms with Crippen molar-refractivity contribution in [3.8, 4) is 6.07 Å². The monoisotopic (exact) mass is 356 g/mol. The highest BCUT2D eigenvalue weighted by atomic mass is 35.5. The standard InChI is InChI=1S/C13H10Cl2N4O2S/c1-7-17-11-9(12(15)18-7)4-8(5-10(11)14)22(20,21)19-13(6-16)2-3-13/h4-5,19H,2-3H2,1H3. The van der Waals surface area contributed by atoms with E-state index in [1.165, 1.54) is 12.1 Å². The molecule has 1 aliphatic rings. The predicted octanol–water partition coefficient (Wildman–Crippen LogP) is 2.58. The van der Waals surface area contributed by atoms with Gasteiger partial charge < -0.3 is 0 Å². The minimum atomic E-state index is -3.88. The predicted molar refractivity (Wildman–Crippen MR) is 82.2 cm³/mol. The number of nitrogens with one attached hydrogen (secondary N) is 1. The van der Waals surface area contributed by atoms with Gasteiger partial charge in [-0.15, -0.1) is 0 Å². The summed E-state index contributed by atoms with van der Waals surface area (Å²) in [7, 11) is -3.88. The van der Waals surface area contributed by atoms with Crippen molar-refractivity contribution >= 4 is 44.1 Å². The first kappa shape index (κ1) is 15.4. The maximum atomic E-state index is 12.4. The lowest BCUT2D eigenvalue weighted by molar-refractivity contribution is 0.571. The van der Waals surface area contributed by atoms with Gasteiger partial charge in [-0.25, -0.2) is 18.4 Å². The van der Waals surface area contributed by atoms with E-state index < -0.39 is 15.6 Å². The van der Waals surface area contributed by atoms with Crippen LogP contribution in [0.4, 0.5) is 0 Å². The van der Waals surface area contributed by atoms with E-state index in [0.717, 1.165) is 0 Å². The van der Waals surface area contributed by atoms with Crippen LogP contribution in [-0.2, 0) is 10.0 Å². The van der Waals surface area contributed by atoms with Gasteiger partial charge >= 0.3 is 0 Å². The third-order valence-electron chi connectivity index (χ3n) is 3.40. The molecule has 1 N–H and O–H groups in total. The molecule has 0 aliphatic heterocycles. The molecule has 0 saturated heterocycles. The number of hydrogen-bond acceptors (Lipinski definition) is 5. The lowest BCUT2D eigenvalue weighted by Crippen LogP contribution is -2.35. The van der Waals surface area contributed by atoms with E-state index in [1.54, 1.807) is 6.92 Å². The van der Waals surface area contributed by atoms with E-state index in [2.05, 4.69) is 14.7 Å². The van der Waals surface area contributed by atoms with Crippen molar-refractivity contribution < 1.29 is 8.42 Å². The third-order valence-corrected chi connectivity index (χ3v) is 5.49. The zero-order valence-electron chi connectivity index (χ0n) is 11.4. The number of rotatable bonds is 3. The van der Waals surface area contributed by atoms with Crippen LogP contribution in [-0.4, -0.2) is 23.9 Å². The van der Waals surface area contributed by atoms with Crippen LogP contribution in [0.15, 0.2) is 17.0 Å². The van der Waals surface area contributed by atoms with Gasteiger partial charge in [-0.1, -0.05) is 23.2 Å². The quantitative estimate of drug-likeness (QED) is 0.852. The van der Waals surface area contributed by atoms with E-state index in [1.807, 2.05) is 6.07 Å². The molecule has 9 heteroatoms. The first-order valence-corrected chi connectivity index (χ1v) is 8.59. The van der Waals surface area contributed by atoms with Crippen LogP contribution in [0.1, 0.15) is 18.7 Å². The minimum Gasteiger partial charge on any atom is -0.232 e. The van der Waals surface area contributed by atoms with Crippen LogP contribution in [0, 0.1) is 18.3 Å². The van der Waals surface area contributed by atoms with E-state index >= 15 is 0 Å². The van der Waals surface area contributed by atoms with Crippen molar-refractivity contribution in [2.24, 2.45) is 0 Å². The second-order valence-electron chi connectivity index (χ2n) is 5.16. The Morgan fingerprint density at radius 3 is 2.59 bits per heavy atom. The number of fused-ring (bicyclic) bond motifs is 1. The average Bonchev–Trinajstić information content (AvgIpc) is 3.19. The zero-order valence-corrected chi connectivity index (χ0v) is 13.7. The molecule has 0 atom stereocenters. The molecule has 1 aromatic carbocycles. The maximum Gasteiger partial charge on any atom is 0.242 e. The molecule has 1 saturated carbocycles. The molecule has 1 heterocycles. The molecule has 1 aromatic heterocycles. The van der Waals surface area contributed by atoms with Crippen LogP contribution in [0.25, 0.3) is 10.9 Å². The number of halogens is 2. The van der Waals surface area contributed by atoms with Gasteiger partial charge in [-0.3, -0.25) is 0 Å². The summed E-state index contributed by atoms with van der Waals surface area (Å²) in [5, 5.41) is 9.66. The Morgan fingerprint density at radius 2 is 2.00 bits per heavy atom.